The van der Waals surface area contributed by atoms with Crippen molar-refractivity contribution in [1.82, 2.24) is 15.0 Å². The molecule has 0 saturated heterocycles. The first-order chi connectivity index (χ1) is 12.0. The highest BCUT2D eigenvalue weighted by atomic mass is 16.5. The van der Waals surface area contributed by atoms with Crippen molar-refractivity contribution in [1.29, 1.82) is 0 Å². The fourth-order valence-corrected chi connectivity index (χ4v) is 1.98. The van der Waals surface area contributed by atoms with Crippen LogP contribution in [0.3, 0.4) is 0 Å². The summed E-state index contributed by atoms with van der Waals surface area (Å²) >= 11 is 0. The molecule has 0 aliphatic carbocycles. The highest BCUT2D eigenvalue weighted by Gasteiger charge is 2.10. The molecular formula is C15H20N6O4. The number of fused-ring (bicyclic) bond motifs is 1. The maximum absolute atomic E-state index is 12.1. The van der Waals surface area contributed by atoms with Gasteiger partial charge in [0.1, 0.15) is 12.0 Å². The van der Waals surface area contributed by atoms with Crippen molar-refractivity contribution in [2.45, 2.75) is 0 Å². The number of hydrogen-bond donors (Lipinski definition) is 5. The summed E-state index contributed by atoms with van der Waals surface area (Å²) in [6, 6.07) is 4.91. The van der Waals surface area contributed by atoms with Gasteiger partial charge in [-0.2, -0.15) is 0 Å². The summed E-state index contributed by atoms with van der Waals surface area (Å²) in [6.45, 7) is 0.723. The number of ether oxygens (including phenoxy) is 1. The Balaban J connectivity index is 1.95. The van der Waals surface area contributed by atoms with Crippen LogP contribution in [0, 0.1) is 0 Å². The molecule has 1 aromatic carbocycles. The lowest BCUT2D eigenvalue weighted by Gasteiger charge is -2.14. The summed E-state index contributed by atoms with van der Waals surface area (Å²) in [6.07, 6.45) is 1.99. The van der Waals surface area contributed by atoms with Gasteiger partial charge in [0.25, 0.3) is 5.91 Å². The van der Waals surface area contributed by atoms with Crippen LogP contribution in [-0.4, -0.2) is 58.6 Å². The number of imidazole rings is 1. The third-order valence-corrected chi connectivity index (χ3v) is 3.17. The SMILES string of the molecule is N/C(=C\N(N)CCOCCO)C(=O)Nc1nc2ccc(C=O)cc2[nH]1. The molecule has 0 radical (unpaired) electrons. The molecular weight excluding hydrogens is 328 g/mol. The first-order valence-corrected chi connectivity index (χ1v) is 7.47. The Morgan fingerprint density at radius 1 is 1.44 bits per heavy atom. The number of carbonyl (C=O) groups excluding carboxylic acids is 2. The van der Waals surface area contributed by atoms with E-state index in [0.29, 0.717) is 23.1 Å². The van der Waals surface area contributed by atoms with Crippen molar-refractivity contribution in [3.05, 3.63) is 35.7 Å². The van der Waals surface area contributed by atoms with E-state index < -0.39 is 5.91 Å². The van der Waals surface area contributed by atoms with Crippen molar-refractivity contribution < 1.29 is 19.4 Å². The molecule has 0 bridgehead atoms. The highest BCUT2D eigenvalue weighted by Crippen LogP contribution is 2.15. The zero-order valence-electron chi connectivity index (χ0n) is 13.4. The lowest BCUT2D eigenvalue weighted by Crippen LogP contribution is -2.32. The number of aliphatic hydroxyl groups is 1. The van der Waals surface area contributed by atoms with Crippen LogP contribution in [0.2, 0.25) is 0 Å². The molecule has 25 heavy (non-hydrogen) atoms. The molecule has 10 heteroatoms. The first-order valence-electron chi connectivity index (χ1n) is 7.47. The number of anilines is 1. The van der Waals surface area contributed by atoms with Gasteiger partial charge in [-0.25, -0.2) is 10.8 Å². The van der Waals surface area contributed by atoms with E-state index in [-0.39, 0.29) is 31.5 Å². The fraction of sp³-hybridized carbons (Fsp3) is 0.267. The lowest BCUT2D eigenvalue weighted by molar-refractivity contribution is -0.113. The van der Waals surface area contributed by atoms with Gasteiger partial charge in [-0.1, -0.05) is 0 Å². The minimum Gasteiger partial charge on any atom is -0.394 e. The van der Waals surface area contributed by atoms with Crippen LogP contribution in [0.15, 0.2) is 30.1 Å². The second kappa shape index (κ2) is 8.78. The maximum atomic E-state index is 12.1. The van der Waals surface area contributed by atoms with Crippen molar-refractivity contribution in [2.24, 2.45) is 11.6 Å². The normalized spacial score (nSPS) is 11.5. The molecule has 0 saturated carbocycles. The molecule has 2 aromatic rings. The molecule has 0 fully saturated rings. The number of H-pyrrole nitrogens is 1. The molecule has 0 aliphatic rings. The molecule has 10 nitrogen and oxygen atoms in total. The van der Waals surface area contributed by atoms with E-state index in [4.69, 9.17) is 21.4 Å². The largest absolute Gasteiger partial charge is 0.394 e. The van der Waals surface area contributed by atoms with Crippen LogP contribution in [0.25, 0.3) is 11.0 Å². The van der Waals surface area contributed by atoms with Gasteiger partial charge in [0.05, 0.1) is 37.4 Å². The van der Waals surface area contributed by atoms with Crippen molar-refractivity contribution in [2.75, 3.05) is 31.7 Å². The Morgan fingerprint density at radius 2 is 2.24 bits per heavy atom. The second-order valence-corrected chi connectivity index (χ2v) is 5.09. The Kier molecular flexibility index (Phi) is 6.46. The summed E-state index contributed by atoms with van der Waals surface area (Å²) in [5, 5.41) is 12.3. The van der Waals surface area contributed by atoms with E-state index in [0.717, 1.165) is 6.29 Å². The van der Waals surface area contributed by atoms with E-state index >= 15 is 0 Å². The topological polar surface area (TPSA) is 160 Å². The molecule has 1 amide bonds. The number of aldehydes is 1. The van der Waals surface area contributed by atoms with Gasteiger partial charge in [0, 0.05) is 11.8 Å². The smallest absolute Gasteiger partial charge is 0.275 e. The molecule has 1 aromatic heterocycles. The Hall–Kier alpha value is -2.95. The summed E-state index contributed by atoms with van der Waals surface area (Å²) < 4.78 is 5.06. The number of nitrogens with zero attached hydrogens (tertiary/aromatic N) is 2. The molecule has 1 heterocycles. The summed E-state index contributed by atoms with van der Waals surface area (Å²) in [5.41, 5.74) is 7.30. The number of hydrazine groups is 1. The summed E-state index contributed by atoms with van der Waals surface area (Å²) in [7, 11) is 0. The number of benzene rings is 1. The average molecular weight is 348 g/mol. The van der Waals surface area contributed by atoms with Gasteiger partial charge in [-0.05, 0) is 18.2 Å². The Labute approximate surface area is 143 Å². The molecule has 0 aliphatic heterocycles. The van der Waals surface area contributed by atoms with Crippen LogP contribution in [-0.2, 0) is 9.53 Å². The van der Waals surface area contributed by atoms with Gasteiger partial charge < -0.3 is 25.6 Å². The number of hydrogen-bond acceptors (Lipinski definition) is 8. The van der Waals surface area contributed by atoms with Crippen LogP contribution in [0.5, 0.6) is 0 Å². The van der Waals surface area contributed by atoms with Crippen molar-refractivity contribution in [3.8, 4) is 0 Å². The molecule has 0 spiro atoms. The van der Waals surface area contributed by atoms with E-state index in [2.05, 4.69) is 15.3 Å². The standard InChI is InChI=1S/C15H20N6O4/c16-11(8-21(17)3-5-25-6-4-22)14(24)20-15-18-12-2-1-10(9-23)7-13(12)19-15/h1-2,7-9,22H,3-6,16-17H2,(H2,18,19,20,24)/b11-8-. The highest BCUT2D eigenvalue weighted by molar-refractivity contribution is 6.02. The molecule has 2 rings (SSSR count). The van der Waals surface area contributed by atoms with Gasteiger partial charge >= 0.3 is 0 Å². The van der Waals surface area contributed by atoms with Crippen LogP contribution in [0.4, 0.5) is 5.95 Å². The quantitative estimate of drug-likeness (QED) is 0.131. The lowest BCUT2D eigenvalue weighted by atomic mass is 10.2. The Morgan fingerprint density at radius 3 is 2.96 bits per heavy atom. The average Bonchev–Trinajstić information content (AvgIpc) is 2.99. The Bertz CT molecular complexity index is 772. The number of amides is 1. The van der Waals surface area contributed by atoms with Gasteiger partial charge in [0.15, 0.2) is 0 Å². The summed E-state index contributed by atoms with van der Waals surface area (Å²) in [5.74, 6) is 5.30. The minimum absolute atomic E-state index is 0.0726. The van der Waals surface area contributed by atoms with E-state index in [1.807, 2.05) is 0 Å². The molecule has 0 atom stereocenters. The monoisotopic (exact) mass is 348 g/mol. The number of carbonyl (C=O) groups is 2. The molecule has 7 N–H and O–H groups in total. The first kappa shape index (κ1) is 18.4. The number of aromatic amines is 1. The maximum Gasteiger partial charge on any atom is 0.275 e. The second-order valence-electron chi connectivity index (χ2n) is 5.09. The van der Waals surface area contributed by atoms with Gasteiger partial charge in [-0.3, -0.25) is 14.9 Å². The zero-order chi connectivity index (χ0) is 18.2. The number of nitrogens with one attached hydrogen (secondary N) is 2. The third kappa shape index (κ3) is 5.28. The van der Waals surface area contributed by atoms with Crippen molar-refractivity contribution >= 4 is 29.2 Å². The minimum atomic E-state index is -0.582. The zero-order valence-corrected chi connectivity index (χ0v) is 13.4. The van der Waals surface area contributed by atoms with E-state index in [9.17, 15) is 9.59 Å². The third-order valence-electron chi connectivity index (χ3n) is 3.17. The fourth-order valence-electron chi connectivity index (χ4n) is 1.98. The number of aromatic nitrogens is 2. The van der Waals surface area contributed by atoms with Crippen LogP contribution < -0.4 is 16.9 Å². The predicted molar refractivity (Wildman–Crippen MR) is 91.2 cm³/mol. The van der Waals surface area contributed by atoms with Crippen LogP contribution in [0.1, 0.15) is 10.4 Å². The van der Waals surface area contributed by atoms with Gasteiger partial charge in [-0.15, -0.1) is 0 Å². The molecule has 0 unspecified atom stereocenters. The predicted octanol–water partition coefficient (Wildman–Crippen LogP) is -0.701. The number of aliphatic hydroxyl groups excluding tert-OH is 1. The number of nitrogens with two attached hydrogens (primary N) is 2. The van der Waals surface area contributed by atoms with E-state index in [1.165, 1.54) is 11.2 Å². The summed E-state index contributed by atoms with van der Waals surface area (Å²) in [4.78, 5) is 29.9. The van der Waals surface area contributed by atoms with E-state index in [1.54, 1.807) is 18.2 Å². The number of rotatable bonds is 9. The van der Waals surface area contributed by atoms with Crippen molar-refractivity contribution in [3.63, 3.8) is 0 Å². The van der Waals surface area contributed by atoms with Gasteiger partial charge in [0.2, 0.25) is 5.95 Å². The van der Waals surface area contributed by atoms with Crippen LogP contribution >= 0.6 is 0 Å². The molecule has 134 valence electrons.